The molecule has 82 valence electrons. The summed E-state index contributed by atoms with van der Waals surface area (Å²) in [6.07, 6.45) is 0. The second kappa shape index (κ2) is 5.28. The average molecular weight is 236 g/mol. The van der Waals surface area contributed by atoms with Gasteiger partial charge in [0.05, 0.1) is 4.92 Å². The van der Waals surface area contributed by atoms with Gasteiger partial charge in [0, 0.05) is 12.1 Å². The number of nitro groups is 1. The summed E-state index contributed by atoms with van der Waals surface area (Å²) in [6, 6.07) is 16.2. The van der Waals surface area contributed by atoms with Crippen molar-refractivity contribution in [1.82, 2.24) is 0 Å². The number of benzene rings is 2. The van der Waals surface area contributed by atoms with E-state index < -0.39 is 0 Å². The molecule has 0 heterocycles. The molecule has 0 unspecified atom stereocenters. The molecule has 0 aliphatic rings. The van der Waals surface area contributed by atoms with Gasteiger partial charge in [0.1, 0.15) is 0 Å². The van der Waals surface area contributed by atoms with Crippen LogP contribution in [-0.4, -0.2) is 4.92 Å². The Morgan fingerprint density at radius 3 is 2.12 bits per heavy atom. The molecule has 2 rings (SSSR count). The summed E-state index contributed by atoms with van der Waals surface area (Å²) in [5.41, 5.74) is 1.97. The fourth-order valence-electron chi connectivity index (χ4n) is 1.43. The van der Waals surface area contributed by atoms with Gasteiger partial charge in [0.2, 0.25) is 0 Å². The largest absolute Gasteiger partial charge is 0.270 e. The van der Waals surface area contributed by atoms with Gasteiger partial charge in [-0.2, -0.15) is 0 Å². The summed E-state index contributed by atoms with van der Waals surface area (Å²) >= 11 is 0. The van der Waals surface area contributed by atoms with Gasteiger partial charge in [0.25, 0.3) is 5.69 Å². The minimum atomic E-state index is -0.382. The van der Waals surface area contributed by atoms with Gasteiger partial charge < -0.3 is 0 Å². The molecule has 0 saturated heterocycles. The topological polar surface area (TPSA) is 43.1 Å². The summed E-state index contributed by atoms with van der Waals surface area (Å²) in [5, 5.41) is 10.6. The van der Waals surface area contributed by atoms with Crippen LogP contribution < -0.4 is 0 Å². The van der Waals surface area contributed by atoms with E-state index in [0.717, 1.165) is 11.1 Å². The maximum absolute atomic E-state index is 10.6. The zero-order valence-electron chi connectivity index (χ0n) is 8.37. The monoisotopic (exact) mass is 235 g/mol. The number of halogens is 1. The van der Waals surface area contributed by atoms with E-state index in [9.17, 15) is 10.1 Å². The fourth-order valence-corrected chi connectivity index (χ4v) is 1.43. The third kappa shape index (κ3) is 2.58. The Morgan fingerprint density at radius 1 is 0.875 bits per heavy atom. The molecule has 16 heavy (non-hydrogen) atoms. The van der Waals surface area contributed by atoms with E-state index in [2.05, 4.69) is 0 Å². The van der Waals surface area contributed by atoms with Gasteiger partial charge in [-0.25, -0.2) is 0 Å². The Morgan fingerprint density at radius 2 is 1.50 bits per heavy atom. The normalized spacial score (nSPS) is 9.25. The number of nitro benzene ring substituents is 1. The summed E-state index contributed by atoms with van der Waals surface area (Å²) in [7, 11) is 0. The van der Waals surface area contributed by atoms with Crippen LogP contribution in [0.25, 0.3) is 11.1 Å². The highest BCUT2D eigenvalue weighted by atomic mass is 35.5. The molecule has 3 nitrogen and oxygen atoms in total. The van der Waals surface area contributed by atoms with Gasteiger partial charge in [-0.15, -0.1) is 12.4 Å². The highest BCUT2D eigenvalue weighted by Gasteiger charge is 2.05. The molecule has 0 aliphatic heterocycles. The van der Waals surface area contributed by atoms with E-state index in [0.29, 0.717) is 0 Å². The van der Waals surface area contributed by atoms with Crippen LogP contribution in [0.3, 0.4) is 0 Å². The molecule has 0 spiro atoms. The van der Waals surface area contributed by atoms with Gasteiger partial charge in [-0.1, -0.05) is 42.5 Å². The SMILES string of the molecule is Cl.O=[N+]([O-])c1cccc(-c2ccccc2)c1. The average Bonchev–Trinajstić information content (AvgIpc) is 2.30. The number of non-ortho nitro benzene ring substituents is 1. The van der Waals surface area contributed by atoms with Gasteiger partial charge in [0.15, 0.2) is 0 Å². The van der Waals surface area contributed by atoms with Crippen LogP contribution in [0.15, 0.2) is 54.6 Å². The Balaban J connectivity index is 0.00000128. The molecule has 4 heteroatoms. The quantitative estimate of drug-likeness (QED) is 0.589. The first-order valence-corrected chi connectivity index (χ1v) is 4.57. The minimum absolute atomic E-state index is 0. The minimum Gasteiger partial charge on any atom is -0.258 e. The summed E-state index contributed by atoms with van der Waals surface area (Å²) in [5.74, 6) is 0. The molecular weight excluding hydrogens is 226 g/mol. The lowest BCUT2D eigenvalue weighted by molar-refractivity contribution is -0.384. The van der Waals surface area contributed by atoms with Crippen LogP contribution in [0, 0.1) is 10.1 Å². The first kappa shape index (κ1) is 12.2. The molecule has 0 amide bonds. The van der Waals surface area contributed by atoms with Crippen molar-refractivity contribution in [2.75, 3.05) is 0 Å². The smallest absolute Gasteiger partial charge is 0.258 e. The van der Waals surface area contributed by atoms with E-state index in [-0.39, 0.29) is 23.0 Å². The van der Waals surface area contributed by atoms with Crippen LogP contribution in [0.4, 0.5) is 5.69 Å². The molecule has 0 aromatic heterocycles. The Kier molecular flexibility index (Phi) is 4.03. The predicted molar refractivity (Wildman–Crippen MR) is 65.8 cm³/mol. The van der Waals surface area contributed by atoms with E-state index >= 15 is 0 Å². The second-order valence-corrected chi connectivity index (χ2v) is 3.17. The lowest BCUT2D eigenvalue weighted by atomic mass is 10.1. The van der Waals surface area contributed by atoms with Crippen LogP contribution in [-0.2, 0) is 0 Å². The van der Waals surface area contributed by atoms with Crippen molar-refractivity contribution >= 4 is 18.1 Å². The third-order valence-electron chi connectivity index (χ3n) is 2.16. The van der Waals surface area contributed by atoms with Crippen molar-refractivity contribution < 1.29 is 4.92 Å². The zero-order valence-corrected chi connectivity index (χ0v) is 9.18. The molecule has 2 aromatic carbocycles. The molecule has 2 aromatic rings. The maximum Gasteiger partial charge on any atom is 0.270 e. The van der Waals surface area contributed by atoms with E-state index in [1.165, 1.54) is 6.07 Å². The number of hydrogen-bond donors (Lipinski definition) is 0. The molecule has 0 saturated carbocycles. The summed E-state index contributed by atoms with van der Waals surface area (Å²) < 4.78 is 0. The molecule has 0 N–H and O–H groups in total. The fraction of sp³-hybridized carbons (Fsp3) is 0. The molecule has 0 atom stereocenters. The molecule has 0 radical (unpaired) electrons. The number of nitrogens with zero attached hydrogens (tertiary/aromatic N) is 1. The highest BCUT2D eigenvalue weighted by Crippen LogP contribution is 2.23. The summed E-state index contributed by atoms with van der Waals surface area (Å²) in [6.45, 7) is 0. The summed E-state index contributed by atoms with van der Waals surface area (Å²) in [4.78, 5) is 10.2. The number of rotatable bonds is 2. The van der Waals surface area contributed by atoms with Gasteiger partial charge in [-0.3, -0.25) is 10.1 Å². The Bertz CT molecular complexity index is 485. The first-order chi connectivity index (χ1) is 7.27. The van der Waals surface area contributed by atoms with Crippen molar-refractivity contribution in [3.63, 3.8) is 0 Å². The molecule has 0 bridgehead atoms. The second-order valence-electron chi connectivity index (χ2n) is 3.17. The van der Waals surface area contributed by atoms with Crippen molar-refractivity contribution in [1.29, 1.82) is 0 Å². The predicted octanol–water partition coefficient (Wildman–Crippen LogP) is 3.68. The van der Waals surface area contributed by atoms with Gasteiger partial charge >= 0.3 is 0 Å². The van der Waals surface area contributed by atoms with Crippen molar-refractivity contribution in [3.05, 3.63) is 64.7 Å². The van der Waals surface area contributed by atoms with Crippen LogP contribution in [0.1, 0.15) is 0 Å². The van der Waals surface area contributed by atoms with E-state index in [1.807, 2.05) is 36.4 Å². The molecular formula is C12H10ClNO2. The Hall–Kier alpha value is -1.87. The van der Waals surface area contributed by atoms with Crippen LogP contribution >= 0.6 is 12.4 Å². The first-order valence-electron chi connectivity index (χ1n) is 4.57. The van der Waals surface area contributed by atoms with Crippen LogP contribution in [0.5, 0.6) is 0 Å². The molecule has 0 fully saturated rings. The van der Waals surface area contributed by atoms with Crippen molar-refractivity contribution in [2.24, 2.45) is 0 Å². The zero-order chi connectivity index (χ0) is 10.7. The third-order valence-corrected chi connectivity index (χ3v) is 2.16. The maximum atomic E-state index is 10.6. The standard InChI is InChI=1S/C12H9NO2.ClH/c14-13(15)12-8-4-7-11(9-12)10-5-2-1-3-6-10;/h1-9H;1H. The highest BCUT2D eigenvalue weighted by molar-refractivity contribution is 5.85. The lowest BCUT2D eigenvalue weighted by Gasteiger charge is -2.00. The van der Waals surface area contributed by atoms with E-state index in [4.69, 9.17) is 0 Å². The van der Waals surface area contributed by atoms with Crippen molar-refractivity contribution in [3.8, 4) is 11.1 Å². The van der Waals surface area contributed by atoms with Crippen molar-refractivity contribution in [2.45, 2.75) is 0 Å². The van der Waals surface area contributed by atoms with Gasteiger partial charge in [-0.05, 0) is 11.1 Å². The Labute approximate surface area is 99.3 Å². The van der Waals surface area contributed by atoms with Crippen LogP contribution in [0.2, 0.25) is 0 Å². The lowest BCUT2D eigenvalue weighted by Crippen LogP contribution is -1.87. The molecule has 0 aliphatic carbocycles. The van der Waals surface area contributed by atoms with E-state index in [1.54, 1.807) is 12.1 Å². The number of hydrogen-bond acceptors (Lipinski definition) is 2.